The Labute approximate surface area is 115 Å². The van der Waals surface area contributed by atoms with Crippen LogP contribution in [-0.2, 0) is 0 Å². The normalized spacial score (nSPS) is 27.6. The van der Waals surface area contributed by atoms with Crippen molar-refractivity contribution in [3.05, 3.63) is 35.4 Å². The highest BCUT2D eigenvalue weighted by Crippen LogP contribution is 2.58. The van der Waals surface area contributed by atoms with Crippen molar-refractivity contribution in [3.63, 3.8) is 0 Å². The van der Waals surface area contributed by atoms with Gasteiger partial charge in [0.25, 0.3) is 6.43 Å². The second-order valence-corrected chi connectivity index (χ2v) is 6.14. The minimum Gasteiger partial charge on any atom is -0.310 e. The van der Waals surface area contributed by atoms with Gasteiger partial charge in [0.2, 0.25) is 5.92 Å². The molecule has 2 fully saturated rings. The van der Waals surface area contributed by atoms with Gasteiger partial charge >= 0.3 is 0 Å². The second-order valence-electron chi connectivity index (χ2n) is 6.14. The first-order chi connectivity index (χ1) is 9.39. The molecular formula is C15H17F4N. The number of hydrogen-bond acceptors (Lipinski definition) is 1. The van der Waals surface area contributed by atoms with Gasteiger partial charge in [0.05, 0.1) is 0 Å². The van der Waals surface area contributed by atoms with Gasteiger partial charge in [0.1, 0.15) is 0 Å². The summed E-state index contributed by atoms with van der Waals surface area (Å²) < 4.78 is 51.3. The molecule has 0 aromatic heterocycles. The van der Waals surface area contributed by atoms with Crippen molar-refractivity contribution < 1.29 is 17.6 Å². The molecule has 5 heteroatoms. The highest BCUT2D eigenvalue weighted by molar-refractivity contribution is 5.27. The van der Waals surface area contributed by atoms with E-state index >= 15 is 0 Å². The molecular weight excluding hydrogens is 270 g/mol. The van der Waals surface area contributed by atoms with E-state index in [0.717, 1.165) is 12.0 Å². The average molecular weight is 287 g/mol. The summed E-state index contributed by atoms with van der Waals surface area (Å²) in [5.41, 5.74) is 0.638. The molecule has 2 aliphatic rings. The lowest BCUT2D eigenvalue weighted by atomic mass is 9.59. The first-order valence-corrected chi connectivity index (χ1v) is 6.88. The molecule has 1 N–H and O–H groups in total. The van der Waals surface area contributed by atoms with E-state index in [-0.39, 0.29) is 29.9 Å². The Morgan fingerprint density at radius 1 is 1.10 bits per heavy atom. The first kappa shape index (κ1) is 13.9. The lowest BCUT2D eigenvalue weighted by Crippen LogP contribution is -2.52. The van der Waals surface area contributed by atoms with Crippen LogP contribution in [-0.4, -0.2) is 12.5 Å². The molecule has 1 heterocycles. The largest absolute Gasteiger partial charge is 0.310 e. The van der Waals surface area contributed by atoms with Crippen molar-refractivity contribution >= 4 is 0 Å². The van der Waals surface area contributed by atoms with Crippen LogP contribution in [0, 0.1) is 5.41 Å². The zero-order valence-electron chi connectivity index (χ0n) is 11.0. The lowest BCUT2D eigenvalue weighted by Gasteiger charge is -2.52. The summed E-state index contributed by atoms with van der Waals surface area (Å²) in [6, 6.07) is 6.17. The fourth-order valence-corrected chi connectivity index (χ4v) is 3.59. The zero-order chi connectivity index (χ0) is 14.4. The summed E-state index contributed by atoms with van der Waals surface area (Å²) in [5.74, 6) is -2.51. The third-order valence-corrected chi connectivity index (χ3v) is 4.54. The highest BCUT2D eigenvalue weighted by Gasteiger charge is 2.57. The SMILES string of the molecule is FC(F)c1ccc(C2CC3(CCN2)CC(F)(F)C3)cc1. The summed E-state index contributed by atoms with van der Waals surface area (Å²) in [6.45, 7) is 0.706. The van der Waals surface area contributed by atoms with Gasteiger partial charge < -0.3 is 5.32 Å². The average Bonchev–Trinajstić information content (AvgIpc) is 2.36. The van der Waals surface area contributed by atoms with E-state index < -0.39 is 12.3 Å². The van der Waals surface area contributed by atoms with Crippen LogP contribution in [0.1, 0.15) is 49.3 Å². The van der Waals surface area contributed by atoms with Gasteiger partial charge in [0.15, 0.2) is 0 Å². The van der Waals surface area contributed by atoms with Crippen LogP contribution < -0.4 is 5.32 Å². The van der Waals surface area contributed by atoms with Gasteiger partial charge in [-0.3, -0.25) is 0 Å². The molecule has 1 unspecified atom stereocenters. The van der Waals surface area contributed by atoms with Crippen molar-refractivity contribution in [2.45, 2.75) is 44.1 Å². The number of benzene rings is 1. The van der Waals surface area contributed by atoms with Crippen LogP contribution >= 0.6 is 0 Å². The number of piperidine rings is 1. The molecule has 110 valence electrons. The van der Waals surface area contributed by atoms with Crippen LogP contribution in [0.2, 0.25) is 0 Å². The molecule has 1 saturated heterocycles. The van der Waals surface area contributed by atoms with Gasteiger partial charge in [-0.15, -0.1) is 0 Å². The molecule has 1 spiro atoms. The van der Waals surface area contributed by atoms with Crippen LogP contribution in [0.3, 0.4) is 0 Å². The molecule has 1 aromatic carbocycles. The minimum absolute atomic E-state index is 0.00514. The van der Waals surface area contributed by atoms with Gasteiger partial charge in [-0.2, -0.15) is 0 Å². The maximum atomic E-state index is 13.1. The fraction of sp³-hybridized carbons (Fsp3) is 0.600. The highest BCUT2D eigenvalue weighted by atomic mass is 19.3. The summed E-state index contributed by atoms with van der Waals surface area (Å²) in [4.78, 5) is 0. The quantitative estimate of drug-likeness (QED) is 0.792. The van der Waals surface area contributed by atoms with Crippen LogP contribution in [0.15, 0.2) is 24.3 Å². The van der Waals surface area contributed by atoms with Crippen molar-refractivity contribution in [2.75, 3.05) is 6.54 Å². The summed E-state index contributed by atoms with van der Waals surface area (Å²) in [7, 11) is 0. The minimum atomic E-state index is -2.51. The van der Waals surface area contributed by atoms with Gasteiger partial charge in [-0.05, 0) is 30.4 Å². The molecule has 0 amide bonds. The number of rotatable bonds is 2. The Morgan fingerprint density at radius 3 is 2.30 bits per heavy atom. The Balaban J connectivity index is 1.71. The molecule has 1 nitrogen and oxygen atoms in total. The van der Waals surface area contributed by atoms with E-state index in [4.69, 9.17) is 0 Å². The molecule has 3 rings (SSSR count). The molecule has 20 heavy (non-hydrogen) atoms. The summed E-state index contributed by atoms with van der Waals surface area (Å²) in [5, 5.41) is 3.30. The molecule has 1 aliphatic heterocycles. The molecule has 1 aliphatic carbocycles. The molecule has 0 radical (unpaired) electrons. The van der Waals surface area contributed by atoms with Gasteiger partial charge in [-0.1, -0.05) is 24.3 Å². The van der Waals surface area contributed by atoms with Crippen LogP contribution in [0.5, 0.6) is 0 Å². The standard InChI is InChI=1S/C15H17F4N/c16-13(17)11-3-1-10(2-4-11)12-7-14(5-6-20-12)8-15(18,19)9-14/h1-4,12-13,20H,5-9H2. The first-order valence-electron chi connectivity index (χ1n) is 6.88. The third-order valence-electron chi connectivity index (χ3n) is 4.54. The Morgan fingerprint density at radius 2 is 1.75 bits per heavy atom. The number of nitrogens with one attached hydrogen (secondary N) is 1. The van der Waals surface area contributed by atoms with Crippen molar-refractivity contribution in [2.24, 2.45) is 5.41 Å². The van der Waals surface area contributed by atoms with E-state index in [1.54, 1.807) is 12.1 Å². The van der Waals surface area contributed by atoms with E-state index in [1.807, 2.05) is 0 Å². The number of halogens is 4. The monoisotopic (exact) mass is 287 g/mol. The fourth-order valence-electron chi connectivity index (χ4n) is 3.59. The van der Waals surface area contributed by atoms with E-state index in [2.05, 4.69) is 5.32 Å². The molecule has 1 atom stereocenters. The number of alkyl halides is 4. The van der Waals surface area contributed by atoms with Crippen molar-refractivity contribution in [1.29, 1.82) is 0 Å². The van der Waals surface area contributed by atoms with Gasteiger partial charge in [0, 0.05) is 24.4 Å². The number of hydrogen-bond donors (Lipinski definition) is 1. The van der Waals surface area contributed by atoms with E-state index in [1.165, 1.54) is 12.1 Å². The lowest BCUT2D eigenvalue weighted by molar-refractivity contribution is -0.174. The Kier molecular flexibility index (Phi) is 3.27. The van der Waals surface area contributed by atoms with Crippen LogP contribution in [0.4, 0.5) is 17.6 Å². The van der Waals surface area contributed by atoms with E-state index in [9.17, 15) is 17.6 Å². The summed E-state index contributed by atoms with van der Waals surface area (Å²) in [6.07, 6.45) is -1.11. The maximum Gasteiger partial charge on any atom is 0.263 e. The predicted octanol–water partition coefficient (Wildman–Crippen LogP) is 4.46. The molecule has 1 aromatic rings. The third kappa shape index (κ3) is 2.55. The Bertz CT molecular complexity index is 475. The van der Waals surface area contributed by atoms with E-state index in [0.29, 0.717) is 13.0 Å². The van der Waals surface area contributed by atoms with Crippen LogP contribution in [0.25, 0.3) is 0 Å². The second kappa shape index (κ2) is 4.72. The molecule has 0 bridgehead atoms. The topological polar surface area (TPSA) is 12.0 Å². The van der Waals surface area contributed by atoms with Crippen molar-refractivity contribution in [3.8, 4) is 0 Å². The maximum absolute atomic E-state index is 13.1. The molecule has 1 saturated carbocycles. The van der Waals surface area contributed by atoms with Crippen molar-refractivity contribution in [1.82, 2.24) is 5.32 Å². The Hall–Kier alpha value is -1.10. The predicted molar refractivity (Wildman–Crippen MR) is 68.0 cm³/mol. The summed E-state index contributed by atoms with van der Waals surface area (Å²) >= 11 is 0. The van der Waals surface area contributed by atoms with Gasteiger partial charge in [-0.25, -0.2) is 17.6 Å². The zero-order valence-corrected chi connectivity index (χ0v) is 11.0. The smallest absolute Gasteiger partial charge is 0.263 e.